The molecular formula is C25H15F4N3. The zero-order chi connectivity index (χ0) is 22.3. The minimum Gasteiger partial charge on any atom is -0.337 e. The van der Waals surface area contributed by atoms with Gasteiger partial charge in [-0.2, -0.15) is 13.2 Å². The number of aromatic nitrogens is 3. The van der Waals surface area contributed by atoms with E-state index in [9.17, 15) is 13.2 Å². The molecule has 7 heteroatoms. The second kappa shape index (κ2) is 7.60. The molecule has 0 bridgehead atoms. The lowest BCUT2D eigenvalue weighted by Gasteiger charge is -2.08. The van der Waals surface area contributed by atoms with Gasteiger partial charge in [0.2, 0.25) is 0 Å². The van der Waals surface area contributed by atoms with Gasteiger partial charge in [-0.05, 0) is 35.7 Å². The highest BCUT2D eigenvalue weighted by molar-refractivity contribution is 5.88. The van der Waals surface area contributed by atoms with Crippen LogP contribution >= 0.6 is 0 Å². The van der Waals surface area contributed by atoms with Crippen molar-refractivity contribution >= 4 is 10.8 Å². The standard InChI is InChI=1S/C25H15F4N3/c26-21-19-7-2-1-4-15(19)8-9-20(21)24-31-22(16-10-12-30-13-11-16)23(32-24)17-5-3-6-18(14-17)25(27,28)29/h1-14H,(H,31,32). The Morgan fingerprint density at radius 1 is 0.781 bits per heavy atom. The van der Waals surface area contributed by atoms with Crippen molar-refractivity contribution in [3.8, 4) is 33.9 Å². The van der Waals surface area contributed by atoms with Crippen LogP contribution < -0.4 is 0 Å². The Morgan fingerprint density at radius 3 is 2.34 bits per heavy atom. The van der Waals surface area contributed by atoms with Gasteiger partial charge in [0.15, 0.2) is 0 Å². The Kier molecular flexibility index (Phi) is 4.74. The summed E-state index contributed by atoms with van der Waals surface area (Å²) in [6, 6.07) is 18.8. The van der Waals surface area contributed by atoms with E-state index >= 15 is 4.39 Å². The predicted molar refractivity (Wildman–Crippen MR) is 115 cm³/mol. The van der Waals surface area contributed by atoms with Gasteiger partial charge in [-0.1, -0.05) is 42.5 Å². The summed E-state index contributed by atoms with van der Waals surface area (Å²) in [5, 5.41) is 1.18. The van der Waals surface area contributed by atoms with Crippen LogP contribution in [0.2, 0.25) is 0 Å². The van der Waals surface area contributed by atoms with E-state index in [4.69, 9.17) is 0 Å². The second-order valence-corrected chi connectivity index (χ2v) is 7.27. The first kappa shape index (κ1) is 19.9. The molecule has 1 N–H and O–H groups in total. The lowest BCUT2D eigenvalue weighted by molar-refractivity contribution is -0.137. The van der Waals surface area contributed by atoms with Crippen LogP contribution in [-0.2, 0) is 6.18 Å². The zero-order valence-electron chi connectivity index (χ0n) is 16.5. The molecule has 0 aliphatic carbocycles. The third kappa shape index (κ3) is 3.51. The largest absolute Gasteiger partial charge is 0.416 e. The van der Waals surface area contributed by atoms with E-state index in [1.807, 2.05) is 6.07 Å². The Bertz CT molecular complexity index is 1420. The number of benzene rings is 3. The van der Waals surface area contributed by atoms with Crippen LogP contribution in [0.4, 0.5) is 17.6 Å². The highest BCUT2D eigenvalue weighted by Crippen LogP contribution is 2.37. The number of imidazole rings is 1. The maximum absolute atomic E-state index is 15.3. The summed E-state index contributed by atoms with van der Waals surface area (Å²) in [6.07, 6.45) is -1.35. The number of alkyl halides is 3. The Balaban J connectivity index is 1.73. The summed E-state index contributed by atoms with van der Waals surface area (Å²) in [7, 11) is 0. The van der Waals surface area contributed by atoms with Gasteiger partial charge in [0.25, 0.3) is 0 Å². The average Bonchev–Trinajstić information content (AvgIpc) is 3.25. The maximum Gasteiger partial charge on any atom is 0.416 e. The quantitative estimate of drug-likeness (QED) is 0.308. The predicted octanol–water partition coefficient (Wildman–Crippen LogP) is 7.12. The number of H-pyrrole nitrogens is 1. The van der Waals surface area contributed by atoms with Gasteiger partial charge in [0.05, 0.1) is 22.5 Å². The number of hydrogen-bond donors (Lipinski definition) is 1. The smallest absolute Gasteiger partial charge is 0.337 e. The zero-order valence-corrected chi connectivity index (χ0v) is 16.5. The summed E-state index contributed by atoms with van der Waals surface area (Å²) in [6.45, 7) is 0. The van der Waals surface area contributed by atoms with E-state index in [2.05, 4.69) is 15.0 Å². The van der Waals surface area contributed by atoms with E-state index in [0.717, 1.165) is 17.5 Å². The molecule has 0 aliphatic heterocycles. The summed E-state index contributed by atoms with van der Waals surface area (Å²) in [4.78, 5) is 11.6. The van der Waals surface area contributed by atoms with E-state index in [1.165, 1.54) is 6.07 Å². The van der Waals surface area contributed by atoms with Gasteiger partial charge in [-0.25, -0.2) is 9.37 Å². The minimum absolute atomic E-state index is 0.229. The van der Waals surface area contributed by atoms with Gasteiger partial charge >= 0.3 is 6.18 Å². The Labute approximate surface area is 180 Å². The average molecular weight is 433 g/mol. The molecule has 0 unspecified atom stereocenters. The number of nitrogens with one attached hydrogen (secondary N) is 1. The van der Waals surface area contributed by atoms with Crippen molar-refractivity contribution in [2.75, 3.05) is 0 Å². The Morgan fingerprint density at radius 2 is 1.56 bits per heavy atom. The number of hydrogen-bond acceptors (Lipinski definition) is 2. The van der Waals surface area contributed by atoms with Gasteiger partial charge in [-0.15, -0.1) is 0 Å². The molecule has 0 amide bonds. The van der Waals surface area contributed by atoms with Crippen LogP contribution in [0.25, 0.3) is 44.7 Å². The van der Waals surface area contributed by atoms with Crippen LogP contribution in [0, 0.1) is 5.82 Å². The summed E-state index contributed by atoms with van der Waals surface area (Å²) in [5.74, 6) is -0.221. The molecule has 0 radical (unpaired) electrons. The molecule has 0 aliphatic rings. The number of halogens is 4. The monoisotopic (exact) mass is 433 g/mol. The van der Waals surface area contributed by atoms with Crippen LogP contribution in [0.1, 0.15) is 5.56 Å². The molecule has 5 aromatic rings. The van der Waals surface area contributed by atoms with E-state index in [-0.39, 0.29) is 17.0 Å². The molecule has 0 fully saturated rings. The van der Waals surface area contributed by atoms with Gasteiger partial charge < -0.3 is 4.98 Å². The van der Waals surface area contributed by atoms with Crippen molar-refractivity contribution in [1.29, 1.82) is 0 Å². The number of nitrogens with zero attached hydrogens (tertiary/aromatic N) is 2. The topological polar surface area (TPSA) is 41.6 Å². The molecule has 0 spiro atoms. The van der Waals surface area contributed by atoms with Crippen LogP contribution in [0.3, 0.4) is 0 Å². The first-order valence-electron chi connectivity index (χ1n) is 9.77. The summed E-state index contributed by atoms with van der Waals surface area (Å²) in [5.41, 5.74) is 1.18. The van der Waals surface area contributed by atoms with E-state index in [0.29, 0.717) is 22.3 Å². The summed E-state index contributed by atoms with van der Waals surface area (Å²) < 4.78 is 55.2. The minimum atomic E-state index is -4.49. The molecule has 2 heterocycles. The SMILES string of the molecule is Fc1c(-c2nc(-c3cccc(C(F)(F)F)c3)c(-c3ccncc3)[nH]2)ccc2ccccc12. The number of fused-ring (bicyclic) bond motifs is 1. The lowest BCUT2D eigenvalue weighted by Crippen LogP contribution is -2.04. The molecule has 3 nitrogen and oxygen atoms in total. The van der Waals surface area contributed by atoms with E-state index in [1.54, 1.807) is 60.9 Å². The third-order valence-electron chi connectivity index (χ3n) is 5.25. The van der Waals surface area contributed by atoms with Gasteiger partial charge in [0.1, 0.15) is 11.6 Å². The Hall–Kier alpha value is -4.00. The van der Waals surface area contributed by atoms with Gasteiger partial charge in [0, 0.05) is 28.9 Å². The van der Waals surface area contributed by atoms with Crippen molar-refractivity contribution < 1.29 is 17.6 Å². The molecule has 158 valence electrons. The van der Waals surface area contributed by atoms with Crippen LogP contribution in [0.15, 0.2) is 85.2 Å². The third-order valence-corrected chi connectivity index (χ3v) is 5.25. The van der Waals surface area contributed by atoms with Crippen molar-refractivity contribution in [3.63, 3.8) is 0 Å². The summed E-state index contributed by atoms with van der Waals surface area (Å²) >= 11 is 0. The molecule has 0 saturated carbocycles. The fourth-order valence-electron chi connectivity index (χ4n) is 3.70. The van der Waals surface area contributed by atoms with Crippen molar-refractivity contribution in [3.05, 3.63) is 96.6 Å². The molecule has 3 aromatic carbocycles. The molecule has 2 aromatic heterocycles. The van der Waals surface area contributed by atoms with Crippen LogP contribution in [-0.4, -0.2) is 15.0 Å². The molecule has 0 saturated heterocycles. The van der Waals surface area contributed by atoms with E-state index < -0.39 is 17.6 Å². The van der Waals surface area contributed by atoms with Crippen LogP contribution in [0.5, 0.6) is 0 Å². The first-order valence-corrected chi connectivity index (χ1v) is 9.77. The number of aromatic amines is 1. The normalized spacial score (nSPS) is 11.8. The highest BCUT2D eigenvalue weighted by atomic mass is 19.4. The van der Waals surface area contributed by atoms with Crippen molar-refractivity contribution in [1.82, 2.24) is 15.0 Å². The van der Waals surface area contributed by atoms with Gasteiger partial charge in [-0.3, -0.25) is 4.98 Å². The molecule has 5 rings (SSSR count). The highest BCUT2D eigenvalue weighted by Gasteiger charge is 2.31. The van der Waals surface area contributed by atoms with Crippen molar-refractivity contribution in [2.45, 2.75) is 6.18 Å². The number of pyridine rings is 1. The fourth-order valence-corrected chi connectivity index (χ4v) is 3.70. The lowest BCUT2D eigenvalue weighted by atomic mass is 10.0. The molecular weight excluding hydrogens is 418 g/mol. The molecule has 32 heavy (non-hydrogen) atoms. The number of rotatable bonds is 3. The maximum atomic E-state index is 15.3. The second-order valence-electron chi connectivity index (χ2n) is 7.27. The first-order chi connectivity index (χ1) is 15.4. The van der Waals surface area contributed by atoms with Crippen molar-refractivity contribution in [2.24, 2.45) is 0 Å². The fraction of sp³-hybridized carbons (Fsp3) is 0.0400. The molecule has 0 atom stereocenters.